The third-order valence-electron chi connectivity index (χ3n) is 4.50. The van der Waals surface area contributed by atoms with Crippen LogP contribution in [0.2, 0.25) is 0 Å². The normalized spacial score (nSPS) is 24.4. The van der Waals surface area contributed by atoms with Crippen molar-refractivity contribution >= 4 is 0 Å². The van der Waals surface area contributed by atoms with Crippen molar-refractivity contribution in [2.75, 3.05) is 26.3 Å². The van der Waals surface area contributed by atoms with Gasteiger partial charge in [0.2, 0.25) is 0 Å². The fourth-order valence-corrected chi connectivity index (χ4v) is 3.06. The lowest BCUT2D eigenvalue weighted by atomic mass is 9.93. The van der Waals surface area contributed by atoms with Crippen molar-refractivity contribution in [2.24, 2.45) is 11.8 Å². The van der Waals surface area contributed by atoms with Gasteiger partial charge >= 0.3 is 0 Å². The van der Waals surface area contributed by atoms with Gasteiger partial charge in [0.05, 0.1) is 6.10 Å². The number of nitrogens with one attached hydrogen (secondary N) is 2. The number of ether oxygens (including phenoxy) is 1. The van der Waals surface area contributed by atoms with Gasteiger partial charge in [-0.1, -0.05) is 41.5 Å². The lowest BCUT2D eigenvalue weighted by Crippen LogP contribution is -2.37. The molecule has 3 N–H and O–H groups in total. The van der Waals surface area contributed by atoms with Crippen LogP contribution in [0.1, 0.15) is 80.1 Å². The molecule has 1 saturated heterocycles. The lowest BCUT2D eigenvalue weighted by molar-refractivity contribution is 0.0773. The van der Waals surface area contributed by atoms with Crippen molar-refractivity contribution in [3.05, 3.63) is 0 Å². The molecular formula is C21H46N2O2. The number of hydrogen-bond donors (Lipinski definition) is 3. The standard InChI is InChI=1S/C10H21NO.C9H19NO.C2H6/c1-8(2)7-11-9-4-3-5-10(12)6-9;1-8(2)7-10-9-3-5-11-6-4-9;1-2/h8-12H,3-7H2,1-2H3;8-10H,3-7H2,1-2H3;1-2H3. The van der Waals surface area contributed by atoms with Crippen molar-refractivity contribution in [1.29, 1.82) is 0 Å². The van der Waals surface area contributed by atoms with Crippen LogP contribution >= 0.6 is 0 Å². The molecule has 1 heterocycles. The maximum absolute atomic E-state index is 9.40. The number of rotatable bonds is 6. The van der Waals surface area contributed by atoms with Gasteiger partial charge in [0.25, 0.3) is 0 Å². The molecule has 0 aromatic heterocycles. The fourth-order valence-electron chi connectivity index (χ4n) is 3.06. The van der Waals surface area contributed by atoms with E-state index in [-0.39, 0.29) is 6.10 Å². The second kappa shape index (κ2) is 16.0. The summed E-state index contributed by atoms with van der Waals surface area (Å²) in [5.74, 6) is 1.47. The summed E-state index contributed by atoms with van der Waals surface area (Å²) in [5, 5.41) is 16.4. The Balaban J connectivity index is 0.000000421. The molecule has 0 amide bonds. The first-order chi connectivity index (χ1) is 12.0. The van der Waals surface area contributed by atoms with Crippen molar-refractivity contribution in [1.82, 2.24) is 10.6 Å². The zero-order valence-corrected chi connectivity index (χ0v) is 17.8. The molecule has 4 heteroatoms. The molecule has 2 rings (SSSR count). The van der Waals surface area contributed by atoms with Crippen LogP contribution in [0.5, 0.6) is 0 Å². The minimum Gasteiger partial charge on any atom is -0.393 e. The van der Waals surface area contributed by atoms with Gasteiger partial charge in [-0.3, -0.25) is 0 Å². The zero-order valence-electron chi connectivity index (χ0n) is 17.8. The minimum absolute atomic E-state index is 0.0524. The highest BCUT2D eigenvalue weighted by atomic mass is 16.5. The Labute approximate surface area is 157 Å². The summed E-state index contributed by atoms with van der Waals surface area (Å²) in [6.07, 6.45) is 6.69. The van der Waals surface area contributed by atoms with E-state index in [1.54, 1.807) is 0 Å². The first-order valence-corrected chi connectivity index (χ1v) is 10.7. The molecule has 2 fully saturated rings. The molecule has 0 spiro atoms. The highest BCUT2D eigenvalue weighted by Crippen LogP contribution is 2.18. The van der Waals surface area contributed by atoms with Crippen molar-refractivity contribution < 1.29 is 9.84 Å². The topological polar surface area (TPSA) is 53.5 Å². The van der Waals surface area contributed by atoms with Gasteiger partial charge in [-0.2, -0.15) is 0 Å². The quantitative estimate of drug-likeness (QED) is 0.672. The molecule has 1 aliphatic carbocycles. The lowest BCUT2D eigenvalue weighted by Gasteiger charge is -2.27. The van der Waals surface area contributed by atoms with E-state index in [1.165, 1.54) is 25.7 Å². The Kier molecular flexibility index (Phi) is 15.9. The van der Waals surface area contributed by atoms with E-state index in [2.05, 4.69) is 38.3 Å². The molecule has 2 aliphatic rings. The maximum Gasteiger partial charge on any atom is 0.0555 e. The van der Waals surface area contributed by atoms with Gasteiger partial charge in [-0.25, -0.2) is 0 Å². The van der Waals surface area contributed by atoms with E-state index in [1.807, 2.05) is 13.8 Å². The van der Waals surface area contributed by atoms with E-state index in [9.17, 15) is 5.11 Å². The van der Waals surface area contributed by atoms with Crippen molar-refractivity contribution in [3.63, 3.8) is 0 Å². The molecule has 2 atom stereocenters. The molecule has 4 nitrogen and oxygen atoms in total. The predicted octanol–water partition coefficient (Wildman–Crippen LogP) is 3.97. The first-order valence-electron chi connectivity index (χ1n) is 10.7. The molecule has 152 valence electrons. The minimum atomic E-state index is -0.0524. The first kappa shape index (κ1) is 24.8. The Bertz CT molecular complexity index is 279. The second-order valence-electron chi connectivity index (χ2n) is 8.01. The largest absolute Gasteiger partial charge is 0.393 e. The predicted molar refractivity (Wildman–Crippen MR) is 109 cm³/mol. The Morgan fingerprint density at radius 2 is 1.36 bits per heavy atom. The van der Waals surface area contributed by atoms with Crippen LogP contribution < -0.4 is 10.6 Å². The van der Waals surface area contributed by atoms with Gasteiger partial charge in [0.1, 0.15) is 0 Å². The molecule has 0 bridgehead atoms. The number of hydrogen-bond acceptors (Lipinski definition) is 4. The number of aliphatic hydroxyl groups is 1. The maximum atomic E-state index is 9.40. The van der Waals surface area contributed by atoms with Gasteiger partial charge < -0.3 is 20.5 Å². The molecule has 0 aromatic carbocycles. The summed E-state index contributed by atoms with van der Waals surface area (Å²) in [4.78, 5) is 0. The van der Waals surface area contributed by atoms with Crippen LogP contribution in [0.4, 0.5) is 0 Å². The Morgan fingerprint density at radius 3 is 1.84 bits per heavy atom. The van der Waals surface area contributed by atoms with E-state index < -0.39 is 0 Å². The second-order valence-corrected chi connectivity index (χ2v) is 8.01. The summed E-state index contributed by atoms with van der Waals surface area (Å²) >= 11 is 0. The van der Waals surface area contributed by atoms with Crippen LogP contribution in [-0.4, -0.2) is 49.6 Å². The van der Waals surface area contributed by atoms with Gasteiger partial charge in [0.15, 0.2) is 0 Å². The third kappa shape index (κ3) is 14.7. The van der Waals surface area contributed by atoms with Crippen molar-refractivity contribution in [2.45, 2.75) is 98.3 Å². The molecule has 2 unspecified atom stereocenters. The average molecular weight is 359 g/mol. The Hall–Kier alpha value is -0.160. The zero-order chi connectivity index (χ0) is 19.1. The molecular weight excluding hydrogens is 312 g/mol. The summed E-state index contributed by atoms with van der Waals surface area (Å²) < 4.78 is 5.27. The summed E-state index contributed by atoms with van der Waals surface area (Å²) in [7, 11) is 0. The molecule has 25 heavy (non-hydrogen) atoms. The van der Waals surface area contributed by atoms with Crippen LogP contribution in [-0.2, 0) is 4.74 Å². The highest BCUT2D eigenvalue weighted by Gasteiger charge is 2.19. The van der Waals surface area contributed by atoms with Crippen LogP contribution in [0.3, 0.4) is 0 Å². The Morgan fingerprint density at radius 1 is 0.840 bits per heavy atom. The highest BCUT2D eigenvalue weighted by molar-refractivity contribution is 4.77. The van der Waals surface area contributed by atoms with Crippen LogP contribution in [0.15, 0.2) is 0 Å². The van der Waals surface area contributed by atoms with E-state index in [4.69, 9.17) is 4.74 Å². The SMILES string of the molecule is CC.CC(C)CNC1CCCC(O)C1.CC(C)CNC1CCOCC1. The third-order valence-corrected chi connectivity index (χ3v) is 4.50. The fraction of sp³-hybridized carbons (Fsp3) is 1.00. The summed E-state index contributed by atoms with van der Waals surface area (Å²) in [6, 6.07) is 1.28. The van der Waals surface area contributed by atoms with Crippen LogP contribution in [0.25, 0.3) is 0 Å². The van der Waals surface area contributed by atoms with Crippen LogP contribution in [0, 0.1) is 11.8 Å². The number of aliphatic hydroxyl groups excluding tert-OH is 1. The van der Waals surface area contributed by atoms with E-state index in [0.29, 0.717) is 18.0 Å². The van der Waals surface area contributed by atoms with E-state index in [0.717, 1.165) is 45.1 Å². The molecule has 1 saturated carbocycles. The molecule has 0 aromatic rings. The summed E-state index contributed by atoms with van der Waals surface area (Å²) in [5.41, 5.74) is 0. The van der Waals surface area contributed by atoms with Crippen molar-refractivity contribution in [3.8, 4) is 0 Å². The average Bonchev–Trinajstić information content (AvgIpc) is 2.61. The van der Waals surface area contributed by atoms with E-state index >= 15 is 0 Å². The van der Waals surface area contributed by atoms with Gasteiger partial charge in [0, 0.05) is 25.3 Å². The monoisotopic (exact) mass is 358 g/mol. The molecule has 0 radical (unpaired) electrons. The molecule has 1 aliphatic heterocycles. The smallest absolute Gasteiger partial charge is 0.0555 e. The van der Waals surface area contributed by atoms with Gasteiger partial charge in [-0.15, -0.1) is 0 Å². The van der Waals surface area contributed by atoms with Gasteiger partial charge in [-0.05, 0) is 63.5 Å². The summed E-state index contributed by atoms with van der Waals surface area (Å²) in [6.45, 7) is 17.0.